The molecular formula is C13H24O. The lowest BCUT2D eigenvalue weighted by molar-refractivity contribution is 0.211. The molecule has 0 radical (unpaired) electrons. The fourth-order valence-electron chi connectivity index (χ4n) is 2.28. The molecule has 2 atom stereocenters. The van der Waals surface area contributed by atoms with Crippen molar-refractivity contribution in [1.29, 1.82) is 0 Å². The Bertz CT molecular complexity index is 180. The summed E-state index contributed by atoms with van der Waals surface area (Å²) in [5.74, 6) is 1.47. The Hall–Kier alpha value is -0.300. The predicted octanol–water partition coefficient (Wildman–Crippen LogP) is 3.53. The molecule has 82 valence electrons. The Morgan fingerprint density at radius 3 is 2.43 bits per heavy atom. The van der Waals surface area contributed by atoms with Crippen LogP contribution in [0.25, 0.3) is 0 Å². The van der Waals surface area contributed by atoms with E-state index in [-0.39, 0.29) is 0 Å². The lowest BCUT2D eigenvalue weighted by Crippen LogP contribution is -2.04. The first-order valence-electron chi connectivity index (χ1n) is 5.96. The van der Waals surface area contributed by atoms with Gasteiger partial charge in [0, 0.05) is 6.61 Å². The summed E-state index contributed by atoms with van der Waals surface area (Å²) in [5, 5.41) is 9.11. The summed E-state index contributed by atoms with van der Waals surface area (Å²) in [6, 6.07) is 0. The van der Waals surface area contributed by atoms with Gasteiger partial charge in [-0.3, -0.25) is 0 Å². The number of aliphatic hydroxyl groups excluding tert-OH is 1. The van der Waals surface area contributed by atoms with Crippen LogP contribution in [0.15, 0.2) is 11.6 Å². The molecule has 2 unspecified atom stereocenters. The van der Waals surface area contributed by atoms with Crippen LogP contribution < -0.4 is 0 Å². The molecule has 1 aliphatic rings. The van der Waals surface area contributed by atoms with Crippen molar-refractivity contribution in [2.45, 2.75) is 52.4 Å². The maximum absolute atomic E-state index is 9.11. The van der Waals surface area contributed by atoms with E-state index in [2.05, 4.69) is 19.9 Å². The van der Waals surface area contributed by atoms with E-state index in [0.717, 1.165) is 5.92 Å². The SMILES string of the molecule is CC(C)=CCC1CCCC(CO)CC1. The number of aliphatic hydroxyl groups is 1. The van der Waals surface area contributed by atoms with E-state index in [9.17, 15) is 0 Å². The molecule has 0 aromatic carbocycles. The smallest absolute Gasteiger partial charge is 0.0459 e. The van der Waals surface area contributed by atoms with Crippen LogP contribution in [0.3, 0.4) is 0 Å². The molecule has 1 fully saturated rings. The van der Waals surface area contributed by atoms with Crippen LogP contribution in [-0.4, -0.2) is 11.7 Å². The molecule has 1 aliphatic carbocycles. The molecule has 1 nitrogen and oxygen atoms in total. The quantitative estimate of drug-likeness (QED) is 0.541. The van der Waals surface area contributed by atoms with Crippen LogP contribution in [0.1, 0.15) is 52.4 Å². The second kappa shape index (κ2) is 6.23. The van der Waals surface area contributed by atoms with Gasteiger partial charge in [-0.1, -0.05) is 24.5 Å². The van der Waals surface area contributed by atoms with Crippen LogP contribution in [0.2, 0.25) is 0 Å². The first kappa shape index (κ1) is 11.8. The summed E-state index contributed by atoms with van der Waals surface area (Å²) >= 11 is 0. The highest BCUT2D eigenvalue weighted by Crippen LogP contribution is 2.29. The molecule has 0 spiro atoms. The van der Waals surface area contributed by atoms with E-state index >= 15 is 0 Å². The predicted molar refractivity (Wildman–Crippen MR) is 61.2 cm³/mol. The Kier molecular flexibility index (Phi) is 5.24. The van der Waals surface area contributed by atoms with Gasteiger partial charge in [0.15, 0.2) is 0 Å². The maximum Gasteiger partial charge on any atom is 0.0459 e. The van der Waals surface area contributed by atoms with Crippen molar-refractivity contribution >= 4 is 0 Å². The monoisotopic (exact) mass is 196 g/mol. The van der Waals surface area contributed by atoms with Crippen molar-refractivity contribution < 1.29 is 5.11 Å². The molecule has 1 saturated carbocycles. The zero-order chi connectivity index (χ0) is 10.4. The summed E-state index contributed by atoms with van der Waals surface area (Å²) in [6.07, 6.45) is 10.1. The van der Waals surface area contributed by atoms with Crippen molar-refractivity contribution in [2.24, 2.45) is 11.8 Å². The van der Waals surface area contributed by atoms with Crippen molar-refractivity contribution in [3.05, 3.63) is 11.6 Å². The van der Waals surface area contributed by atoms with Crippen LogP contribution in [0.4, 0.5) is 0 Å². The van der Waals surface area contributed by atoms with Gasteiger partial charge in [0.25, 0.3) is 0 Å². The molecule has 1 rings (SSSR count). The normalized spacial score (nSPS) is 28.2. The van der Waals surface area contributed by atoms with Crippen LogP contribution in [0, 0.1) is 11.8 Å². The number of rotatable bonds is 3. The van der Waals surface area contributed by atoms with Crippen molar-refractivity contribution in [3.63, 3.8) is 0 Å². The van der Waals surface area contributed by atoms with E-state index in [0.29, 0.717) is 12.5 Å². The third-order valence-electron chi connectivity index (χ3n) is 3.33. The molecule has 0 aromatic rings. The van der Waals surface area contributed by atoms with Gasteiger partial charge >= 0.3 is 0 Å². The molecule has 0 aromatic heterocycles. The summed E-state index contributed by atoms with van der Waals surface area (Å²) in [6.45, 7) is 4.75. The minimum Gasteiger partial charge on any atom is -0.396 e. The largest absolute Gasteiger partial charge is 0.396 e. The fraction of sp³-hybridized carbons (Fsp3) is 0.846. The van der Waals surface area contributed by atoms with E-state index in [4.69, 9.17) is 5.11 Å². The van der Waals surface area contributed by atoms with Crippen molar-refractivity contribution in [1.82, 2.24) is 0 Å². The minimum atomic E-state index is 0.398. The second-order valence-corrected chi connectivity index (χ2v) is 4.94. The highest BCUT2D eigenvalue weighted by atomic mass is 16.3. The summed E-state index contributed by atoms with van der Waals surface area (Å²) < 4.78 is 0. The van der Waals surface area contributed by atoms with Crippen molar-refractivity contribution in [2.75, 3.05) is 6.61 Å². The highest BCUT2D eigenvalue weighted by molar-refractivity contribution is 4.94. The molecule has 0 amide bonds. The topological polar surface area (TPSA) is 20.2 Å². The zero-order valence-corrected chi connectivity index (χ0v) is 9.63. The van der Waals surface area contributed by atoms with Gasteiger partial charge in [-0.15, -0.1) is 0 Å². The number of hydrogen-bond donors (Lipinski definition) is 1. The van der Waals surface area contributed by atoms with Gasteiger partial charge in [0.1, 0.15) is 0 Å². The molecule has 0 heterocycles. The van der Waals surface area contributed by atoms with E-state index in [1.165, 1.54) is 44.1 Å². The maximum atomic E-state index is 9.11. The third kappa shape index (κ3) is 4.28. The molecule has 1 heteroatoms. The van der Waals surface area contributed by atoms with Crippen LogP contribution in [0.5, 0.6) is 0 Å². The molecule has 14 heavy (non-hydrogen) atoms. The fourth-order valence-corrected chi connectivity index (χ4v) is 2.28. The van der Waals surface area contributed by atoms with Gasteiger partial charge in [0.2, 0.25) is 0 Å². The third-order valence-corrected chi connectivity index (χ3v) is 3.33. The van der Waals surface area contributed by atoms with Gasteiger partial charge in [-0.2, -0.15) is 0 Å². The Morgan fingerprint density at radius 2 is 1.79 bits per heavy atom. The van der Waals surface area contributed by atoms with E-state index in [1.807, 2.05) is 0 Å². The number of hydrogen-bond acceptors (Lipinski definition) is 1. The first-order valence-corrected chi connectivity index (χ1v) is 5.96. The van der Waals surface area contributed by atoms with Gasteiger partial charge in [0.05, 0.1) is 0 Å². The molecule has 1 N–H and O–H groups in total. The highest BCUT2D eigenvalue weighted by Gasteiger charge is 2.17. The van der Waals surface area contributed by atoms with Gasteiger partial charge in [-0.25, -0.2) is 0 Å². The molecule has 0 aliphatic heterocycles. The number of allylic oxidation sites excluding steroid dienone is 2. The Labute approximate surface area is 88.2 Å². The Morgan fingerprint density at radius 1 is 1.14 bits per heavy atom. The lowest BCUT2D eigenvalue weighted by atomic mass is 9.95. The average Bonchev–Trinajstić information content (AvgIpc) is 2.39. The second-order valence-electron chi connectivity index (χ2n) is 4.94. The molecule has 0 bridgehead atoms. The van der Waals surface area contributed by atoms with E-state index in [1.54, 1.807) is 0 Å². The van der Waals surface area contributed by atoms with Gasteiger partial charge in [-0.05, 0) is 51.4 Å². The summed E-state index contributed by atoms with van der Waals surface area (Å²) in [7, 11) is 0. The average molecular weight is 196 g/mol. The standard InChI is InChI=1S/C13H24O/c1-11(2)6-7-12-4-3-5-13(10-14)9-8-12/h6,12-14H,3-5,7-10H2,1-2H3. The zero-order valence-electron chi connectivity index (χ0n) is 9.63. The van der Waals surface area contributed by atoms with Crippen LogP contribution in [-0.2, 0) is 0 Å². The molecule has 0 saturated heterocycles. The van der Waals surface area contributed by atoms with Crippen molar-refractivity contribution in [3.8, 4) is 0 Å². The summed E-state index contributed by atoms with van der Waals surface area (Å²) in [5.41, 5.74) is 1.44. The Balaban J connectivity index is 2.31. The molecular weight excluding hydrogens is 172 g/mol. The summed E-state index contributed by atoms with van der Waals surface area (Å²) in [4.78, 5) is 0. The van der Waals surface area contributed by atoms with E-state index < -0.39 is 0 Å². The lowest BCUT2D eigenvalue weighted by Gasteiger charge is -2.12. The van der Waals surface area contributed by atoms with Crippen LogP contribution >= 0.6 is 0 Å². The first-order chi connectivity index (χ1) is 6.72. The minimum absolute atomic E-state index is 0.398. The van der Waals surface area contributed by atoms with Gasteiger partial charge < -0.3 is 5.11 Å².